The lowest BCUT2D eigenvalue weighted by molar-refractivity contribution is -0.117. The molecule has 3 heterocycles. The van der Waals surface area contributed by atoms with Gasteiger partial charge in [0.1, 0.15) is 5.84 Å². The first-order chi connectivity index (χ1) is 13.5. The third-order valence-corrected chi connectivity index (χ3v) is 5.70. The van der Waals surface area contributed by atoms with Crippen molar-refractivity contribution in [1.29, 1.82) is 0 Å². The van der Waals surface area contributed by atoms with Crippen molar-refractivity contribution >= 4 is 21.8 Å². The fraction of sp³-hybridized carbons (Fsp3) is 0.150. The second-order valence-electron chi connectivity index (χ2n) is 6.44. The predicted octanol–water partition coefficient (Wildman–Crippen LogP) is 1.78. The Bertz CT molecular complexity index is 1040. The number of hydrogen-bond acceptors (Lipinski definition) is 5. The molecule has 0 fully saturated rings. The van der Waals surface area contributed by atoms with Gasteiger partial charge in [-0.3, -0.25) is 9.78 Å². The molecule has 0 saturated carbocycles. The number of carbonyl (C=O) groups excluding carboxylic acids is 1. The van der Waals surface area contributed by atoms with Gasteiger partial charge in [0.25, 0.3) is 15.9 Å². The van der Waals surface area contributed by atoms with Crippen molar-refractivity contribution in [2.45, 2.75) is 6.04 Å². The van der Waals surface area contributed by atoms with E-state index in [0.717, 1.165) is 11.1 Å². The quantitative estimate of drug-likeness (QED) is 0.854. The number of amidine groups is 1. The zero-order valence-electron chi connectivity index (χ0n) is 14.9. The number of fused-ring (bicyclic) bond motifs is 1. The third-order valence-electron chi connectivity index (χ3n) is 4.53. The summed E-state index contributed by atoms with van der Waals surface area (Å²) in [5.74, 6) is 0.00490. The maximum Gasteiger partial charge on any atom is 0.256 e. The molecule has 2 aliphatic rings. The minimum Gasteiger partial charge on any atom is -0.341 e. The largest absolute Gasteiger partial charge is 0.341 e. The SMILES string of the molecule is O=C(NC(c1ccccc1)c1ccncc1)C1=CN2CCS(=O)(=O)N=C2C=C1. The Morgan fingerprint density at radius 1 is 1.04 bits per heavy atom. The molecule has 7 nitrogen and oxygen atoms in total. The van der Waals surface area contributed by atoms with E-state index in [1.807, 2.05) is 42.5 Å². The molecule has 0 saturated heterocycles. The average molecular weight is 394 g/mol. The van der Waals surface area contributed by atoms with E-state index < -0.39 is 10.0 Å². The summed E-state index contributed by atoms with van der Waals surface area (Å²) >= 11 is 0. The number of benzene rings is 1. The molecule has 4 rings (SSSR count). The first kappa shape index (κ1) is 18.1. The zero-order valence-corrected chi connectivity index (χ0v) is 15.7. The maximum atomic E-state index is 12.9. The Hall–Kier alpha value is -3.26. The molecule has 1 amide bonds. The number of rotatable bonds is 4. The summed E-state index contributed by atoms with van der Waals surface area (Å²) in [7, 11) is -3.42. The lowest BCUT2D eigenvalue weighted by Gasteiger charge is -2.27. The Morgan fingerprint density at radius 2 is 1.75 bits per heavy atom. The Labute approximate surface area is 163 Å². The van der Waals surface area contributed by atoms with Gasteiger partial charge in [-0.1, -0.05) is 30.3 Å². The van der Waals surface area contributed by atoms with Gasteiger partial charge in [0, 0.05) is 25.1 Å². The summed E-state index contributed by atoms with van der Waals surface area (Å²) in [4.78, 5) is 18.6. The van der Waals surface area contributed by atoms with Crippen LogP contribution < -0.4 is 5.32 Å². The van der Waals surface area contributed by atoms with Gasteiger partial charge < -0.3 is 10.2 Å². The van der Waals surface area contributed by atoms with E-state index in [0.29, 0.717) is 11.4 Å². The van der Waals surface area contributed by atoms with Gasteiger partial charge in [-0.2, -0.15) is 0 Å². The smallest absolute Gasteiger partial charge is 0.256 e. The molecule has 1 aromatic heterocycles. The number of aromatic nitrogens is 1. The predicted molar refractivity (Wildman–Crippen MR) is 106 cm³/mol. The summed E-state index contributed by atoms with van der Waals surface area (Å²) < 4.78 is 27.0. The fourth-order valence-electron chi connectivity index (χ4n) is 3.11. The van der Waals surface area contributed by atoms with E-state index in [-0.39, 0.29) is 24.2 Å². The monoisotopic (exact) mass is 394 g/mol. The van der Waals surface area contributed by atoms with E-state index >= 15 is 0 Å². The van der Waals surface area contributed by atoms with Crippen molar-refractivity contribution in [3.05, 3.63) is 89.9 Å². The van der Waals surface area contributed by atoms with Crippen LogP contribution in [0.3, 0.4) is 0 Å². The van der Waals surface area contributed by atoms with Crippen LogP contribution in [0.25, 0.3) is 0 Å². The Morgan fingerprint density at radius 3 is 2.50 bits per heavy atom. The van der Waals surface area contributed by atoms with Gasteiger partial charge >= 0.3 is 0 Å². The van der Waals surface area contributed by atoms with Crippen LogP contribution in [0.15, 0.2) is 83.2 Å². The van der Waals surface area contributed by atoms with Crippen LogP contribution in [-0.2, 0) is 14.8 Å². The van der Waals surface area contributed by atoms with E-state index in [9.17, 15) is 13.2 Å². The number of pyridine rings is 1. The molecule has 8 heteroatoms. The van der Waals surface area contributed by atoms with E-state index in [1.54, 1.807) is 35.6 Å². The minimum atomic E-state index is -3.42. The van der Waals surface area contributed by atoms with E-state index in [1.165, 1.54) is 0 Å². The van der Waals surface area contributed by atoms with Gasteiger partial charge in [0.15, 0.2) is 0 Å². The van der Waals surface area contributed by atoms with Crippen molar-refractivity contribution in [2.75, 3.05) is 12.3 Å². The number of nitrogens with zero attached hydrogens (tertiary/aromatic N) is 3. The van der Waals surface area contributed by atoms with Gasteiger partial charge in [-0.05, 0) is 35.4 Å². The average Bonchev–Trinajstić information content (AvgIpc) is 2.72. The van der Waals surface area contributed by atoms with Crippen LogP contribution in [-0.4, -0.2) is 42.3 Å². The van der Waals surface area contributed by atoms with Crippen molar-refractivity contribution in [1.82, 2.24) is 15.2 Å². The minimum absolute atomic E-state index is 0.0700. The van der Waals surface area contributed by atoms with Gasteiger partial charge in [0.2, 0.25) is 0 Å². The number of amides is 1. The molecule has 142 valence electrons. The standard InChI is InChI=1S/C20H18N4O3S/c25-20(17-6-7-18-23-28(26,27)13-12-24(18)14-17)22-19(15-4-2-1-3-5-15)16-8-10-21-11-9-16/h1-11,14,19H,12-13H2,(H,22,25). The molecule has 2 aliphatic heterocycles. The molecule has 0 spiro atoms. The van der Waals surface area contributed by atoms with Crippen molar-refractivity contribution in [3.8, 4) is 0 Å². The lowest BCUT2D eigenvalue weighted by Crippen LogP contribution is -2.38. The van der Waals surface area contributed by atoms with Gasteiger partial charge in [-0.25, -0.2) is 8.42 Å². The molecule has 2 aromatic rings. The van der Waals surface area contributed by atoms with Crippen LogP contribution in [0.2, 0.25) is 0 Å². The second kappa shape index (κ2) is 7.40. The number of carbonyl (C=O) groups is 1. The number of sulfonamides is 1. The number of nitrogens with one attached hydrogen (secondary N) is 1. The zero-order chi connectivity index (χ0) is 19.6. The fourth-order valence-corrected chi connectivity index (χ4v) is 4.08. The molecule has 1 unspecified atom stereocenters. The highest BCUT2D eigenvalue weighted by Gasteiger charge is 2.26. The summed E-state index contributed by atoms with van der Waals surface area (Å²) in [6, 6.07) is 13.1. The first-order valence-corrected chi connectivity index (χ1v) is 10.4. The maximum absolute atomic E-state index is 12.9. The summed E-state index contributed by atoms with van der Waals surface area (Å²) in [5, 5.41) is 3.06. The lowest BCUT2D eigenvalue weighted by atomic mass is 9.99. The van der Waals surface area contributed by atoms with Crippen molar-refractivity contribution in [2.24, 2.45) is 4.40 Å². The Kier molecular flexibility index (Phi) is 4.79. The van der Waals surface area contributed by atoms with Crippen LogP contribution >= 0.6 is 0 Å². The van der Waals surface area contributed by atoms with Crippen LogP contribution in [0.5, 0.6) is 0 Å². The molecular formula is C20H18N4O3S. The summed E-state index contributed by atoms with van der Waals surface area (Å²) in [5.41, 5.74) is 2.31. The van der Waals surface area contributed by atoms with Crippen molar-refractivity contribution < 1.29 is 13.2 Å². The molecule has 1 N–H and O–H groups in total. The normalized spacial score (nSPS) is 18.5. The van der Waals surface area contributed by atoms with Gasteiger partial charge in [0.05, 0.1) is 17.4 Å². The highest BCUT2D eigenvalue weighted by Crippen LogP contribution is 2.23. The summed E-state index contributed by atoms with van der Waals surface area (Å²) in [6.45, 7) is 0.273. The highest BCUT2D eigenvalue weighted by molar-refractivity contribution is 7.90. The summed E-state index contributed by atoms with van der Waals surface area (Å²) in [6.07, 6.45) is 8.15. The van der Waals surface area contributed by atoms with E-state index in [2.05, 4.69) is 14.7 Å². The molecule has 28 heavy (non-hydrogen) atoms. The Balaban J connectivity index is 1.59. The third kappa shape index (κ3) is 3.86. The molecule has 0 aliphatic carbocycles. The van der Waals surface area contributed by atoms with Crippen LogP contribution in [0, 0.1) is 0 Å². The molecule has 1 aromatic carbocycles. The van der Waals surface area contributed by atoms with E-state index in [4.69, 9.17) is 0 Å². The van der Waals surface area contributed by atoms with Crippen LogP contribution in [0.4, 0.5) is 0 Å². The molecular weight excluding hydrogens is 376 g/mol. The molecule has 0 radical (unpaired) electrons. The number of hydrogen-bond donors (Lipinski definition) is 1. The highest BCUT2D eigenvalue weighted by atomic mass is 32.2. The van der Waals surface area contributed by atoms with Crippen LogP contribution in [0.1, 0.15) is 17.2 Å². The van der Waals surface area contributed by atoms with Crippen molar-refractivity contribution in [3.63, 3.8) is 0 Å². The topological polar surface area (TPSA) is 91.7 Å². The first-order valence-electron chi connectivity index (χ1n) is 8.77. The molecule has 1 atom stereocenters. The molecule has 0 bridgehead atoms. The second-order valence-corrected chi connectivity index (χ2v) is 8.20. The van der Waals surface area contributed by atoms with Gasteiger partial charge in [-0.15, -0.1) is 4.40 Å².